The lowest BCUT2D eigenvalue weighted by Crippen LogP contribution is -1.84. The molecule has 1 aromatic heterocycles. The number of rotatable bonds is 1. The zero-order valence-electron chi connectivity index (χ0n) is 15.9. The van der Waals surface area contributed by atoms with Crippen LogP contribution in [0.15, 0.2) is 18.2 Å². The van der Waals surface area contributed by atoms with Crippen LogP contribution in [0.25, 0.3) is 0 Å². The molecular formula is C19H31ClFNS. The van der Waals surface area contributed by atoms with Crippen molar-refractivity contribution in [2.45, 2.75) is 68.2 Å². The minimum absolute atomic E-state index is 0.220. The first-order valence-corrected chi connectivity index (χ1v) is 9.37. The molecule has 4 heteroatoms. The van der Waals surface area contributed by atoms with Gasteiger partial charge in [0.1, 0.15) is 5.82 Å². The van der Waals surface area contributed by atoms with Gasteiger partial charge in [0.2, 0.25) is 0 Å². The molecule has 0 N–H and O–H groups in total. The molecule has 1 heterocycles. The van der Waals surface area contributed by atoms with Crippen molar-refractivity contribution in [3.05, 3.63) is 50.2 Å². The molecule has 2 aromatic rings. The number of hydrogen-bond donors (Lipinski definition) is 0. The normalized spacial score (nSPS) is 9.04. The molecule has 23 heavy (non-hydrogen) atoms. The van der Waals surface area contributed by atoms with Crippen molar-refractivity contribution in [3.8, 4) is 0 Å². The van der Waals surface area contributed by atoms with Crippen LogP contribution in [0.4, 0.5) is 4.39 Å². The first-order valence-electron chi connectivity index (χ1n) is 8.17. The molecule has 1 aromatic carbocycles. The summed E-state index contributed by atoms with van der Waals surface area (Å²) in [7, 11) is 0. The summed E-state index contributed by atoms with van der Waals surface area (Å²) in [6, 6.07) is 4.75. The maximum Gasteiger partial charge on any atom is 0.142 e. The molecule has 0 aliphatic rings. The molecule has 0 fully saturated rings. The second-order valence-electron chi connectivity index (χ2n) is 4.71. The van der Waals surface area contributed by atoms with E-state index in [1.807, 2.05) is 39.0 Å². The number of aromatic nitrogens is 1. The number of thiazole rings is 1. The van der Waals surface area contributed by atoms with Gasteiger partial charge in [0.05, 0.1) is 15.7 Å². The predicted molar refractivity (Wildman–Crippen MR) is 105 cm³/mol. The van der Waals surface area contributed by atoms with Gasteiger partial charge in [-0.15, -0.1) is 11.3 Å². The number of nitrogens with zero attached hydrogens (tertiary/aromatic N) is 1. The van der Waals surface area contributed by atoms with E-state index in [0.29, 0.717) is 5.92 Å². The molecule has 0 saturated carbocycles. The third-order valence-corrected chi connectivity index (χ3v) is 4.46. The molecule has 0 saturated heterocycles. The molecule has 132 valence electrons. The topological polar surface area (TPSA) is 12.9 Å². The van der Waals surface area contributed by atoms with Gasteiger partial charge >= 0.3 is 0 Å². The summed E-state index contributed by atoms with van der Waals surface area (Å²) in [5, 5.41) is 1.40. The molecular weight excluding hydrogens is 329 g/mol. The molecule has 0 aliphatic heterocycles. The molecule has 0 aliphatic carbocycles. The molecule has 0 spiro atoms. The van der Waals surface area contributed by atoms with Crippen molar-refractivity contribution < 1.29 is 4.39 Å². The smallest absolute Gasteiger partial charge is 0.142 e. The van der Waals surface area contributed by atoms with Gasteiger partial charge in [0, 0.05) is 4.88 Å². The van der Waals surface area contributed by atoms with Crippen LogP contribution in [0.3, 0.4) is 0 Å². The third kappa shape index (κ3) is 9.07. The van der Waals surface area contributed by atoms with Gasteiger partial charge < -0.3 is 0 Å². The lowest BCUT2D eigenvalue weighted by Gasteiger charge is -1.98. The van der Waals surface area contributed by atoms with E-state index >= 15 is 0 Å². The van der Waals surface area contributed by atoms with Crippen molar-refractivity contribution >= 4 is 22.9 Å². The number of hydrogen-bond acceptors (Lipinski definition) is 2. The summed E-state index contributed by atoms with van der Waals surface area (Å²) in [5.41, 5.74) is 1.98. The monoisotopic (exact) mass is 359 g/mol. The fraction of sp³-hybridized carbons (Fsp3) is 0.526. The van der Waals surface area contributed by atoms with Crippen LogP contribution in [0, 0.1) is 26.6 Å². The molecule has 0 radical (unpaired) electrons. The van der Waals surface area contributed by atoms with Gasteiger partial charge in [0.25, 0.3) is 0 Å². The van der Waals surface area contributed by atoms with Crippen LogP contribution in [-0.4, -0.2) is 4.98 Å². The number of aryl methyl sites for hydroxylation is 3. The van der Waals surface area contributed by atoms with E-state index in [1.165, 1.54) is 21.6 Å². The molecule has 0 amide bonds. The molecule has 0 bridgehead atoms. The minimum atomic E-state index is -0.350. The number of benzene rings is 1. The Kier molecular flexibility index (Phi) is 14.3. The molecule has 1 nitrogen and oxygen atoms in total. The highest BCUT2D eigenvalue weighted by molar-refractivity contribution is 7.11. The third-order valence-electron chi connectivity index (χ3n) is 2.61. The second-order valence-corrected chi connectivity index (χ2v) is 6.32. The largest absolute Gasteiger partial charge is 0.247 e. The van der Waals surface area contributed by atoms with Crippen LogP contribution in [0.5, 0.6) is 0 Å². The maximum atomic E-state index is 12.4. The van der Waals surface area contributed by atoms with Crippen LogP contribution >= 0.6 is 22.9 Å². The first kappa shape index (κ1) is 24.3. The Bertz CT molecular complexity index is 530. The Morgan fingerprint density at radius 2 is 1.57 bits per heavy atom. The Balaban J connectivity index is 0. The minimum Gasteiger partial charge on any atom is -0.247 e. The highest BCUT2D eigenvalue weighted by Crippen LogP contribution is 2.25. The Morgan fingerprint density at radius 3 is 1.83 bits per heavy atom. The predicted octanol–water partition coefficient (Wildman–Crippen LogP) is 7.72. The Hall–Kier alpha value is -0.930. The fourth-order valence-electron chi connectivity index (χ4n) is 1.69. The van der Waals surface area contributed by atoms with Crippen LogP contribution in [0.2, 0.25) is 5.02 Å². The molecule has 0 atom stereocenters. The average Bonchev–Trinajstić information content (AvgIpc) is 2.88. The van der Waals surface area contributed by atoms with Crippen LogP contribution in [-0.2, 0) is 0 Å². The second kappa shape index (κ2) is 13.5. The van der Waals surface area contributed by atoms with Gasteiger partial charge in [-0.3, -0.25) is 0 Å². The van der Waals surface area contributed by atoms with Gasteiger partial charge in [-0.25, -0.2) is 9.37 Å². The van der Waals surface area contributed by atoms with E-state index in [-0.39, 0.29) is 10.8 Å². The summed E-state index contributed by atoms with van der Waals surface area (Å²) >= 11 is 7.31. The van der Waals surface area contributed by atoms with E-state index < -0.39 is 0 Å². The summed E-state index contributed by atoms with van der Waals surface area (Å²) in [6.45, 7) is 18.3. The zero-order valence-corrected chi connectivity index (χ0v) is 17.5. The first-order chi connectivity index (χ1) is 10.8. The summed E-state index contributed by atoms with van der Waals surface area (Å²) in [5.74, 6) is 0.280. The molecule has 0 unspecified atom stereocenters. The summed E-state index contributed by atoms with van der Waals surface area (Å²) in [4.78, 5) is 5.78. The quantitative estimate of drug-likeness (QED) is 0.507. The van der Waals surface area contributed by atoms with E-state index in [4.69, 9.17) is 11.6 Å². The lowest BCUT2D eigenvalue weighted by molar-refractivity contribution is 0.627. The standard InChI is InChI=1S/C8H13NS.C7H6ClF.2C2H6/c1-5(2)8-6(3)9-7(4)10-8;1-5-3-2-4-6(9)7(5)8;2*1-2/h5H,1-4H3;2-4H,1H3;2*1-2H3. The highest BCUT2D eigenvalue weighted by Gasteiger charge is 2.07. The summed E-state index contributed by atoms with van der Waals surface area (Å²) in [6.07, 6.45) is 0. The van der Waals surface area contributed by atoms with Gasteiger partial charge in [-0.05, 0) is 38.3 Å². The zero-order chi connectivity index (χ0) is 18.6. The van der Waals surface area contributed by atoms with Gasteiger partial charge in [-0.2, -0.15) is 0 Å². The highest BCUT2D eigenvalue weighted by atomic mass is 35.5. The number of halogens is 2. The molecule has 2 rings (SSSR count). The van der Waals surface area contributed by atoms with Crippen LogP contribution in [0.1, 0.15) is 68.6 Å². The van der Waals surface area contributed by atoms with E-state index in [9.17, 15) is 4.39 Å². The van der Waals surface area contributed by atoms with Crippen molar-refractivity contribution in [3.63, 3.8) is 0 Å². The average molecular weight is 360 g/mol. The van der Waals surface area contributed by atoms with Crippen molar-refractivity contribution in [1.29, 1.82) is 0 Å². The van der Waals surface area contributed by atoms with Gasteiger partial charge in [0.15, 0.2) is 0 Å². The van der Waals surface area contributed by atoms with E-state index in [1.54, 1.807) is 19.1 Å². The van der Waals surface area contributed by atoms with E-state index in [2.05, 4.69) is 32.7 Å². The Morgan fingerprint density at radius 1 is 1.04 bits per heavy atom. The lowest BCUT2D eigenvalue weighted by atomic mass is 10.1. The Labute approximate surface area is 150 Å². The van der Waals surface area contributed by atoms with Crippen molar-refractivity contribution in [2.24, 2.45) is 0 Å². The fourth-order valence-corrected chi connectivity index (χ4v) is 2.75. The van der Waals surface area contributed by atoms with E-state index in [0.717, 1.165) is 5.56 Å². The van der Waals surface area contributed by atoms with Crippen molar-refractivity contribution in [1.82, 2.24) is 4.98 Å². The van der Waals surface area contributed by atoms with Crippen molar-refractivity contribution in [2.75, 3.05) is 0 Å². The van der Waals surface area contributed by atoms with Gasteiger partial charge in [-0.1, -0.05) is 65.3 Å². The maximum absolute atomic E-state index is 12.4. The van der Waals surface area contributed by atoms with Crippen LogP contribution < -0.4 is 0 Å². The summed E-state index contributed by atoms with van der Waals surface area (Å²) < 4.78 is 12.4. The SMILES string of the molecule is CC.CC.Cc1cccc(F)c1Cl.Cc1nc(C)c(C(C)C)s1.